The fraction of sp³-hybridized carbons (Fsp3) is 0.556. The van der Waals surface area contributed by atoms with E-state index < -0.39 is 0 Å². The van der Waals surface area contributed by atoms with E-state index in [9.17, 15) is 4.79 Å². The second kappa shape index (κ2) is 5.72. The molecule has 0 aliphatic carbocycles. The van der Waals surface area contributed by atoms with Crippen LogP contribution in [0.25, 0.3) is 0 Å². The summed E-state index contributed by atoms with van der Waals surface area (Å²) in [5.41, 5.74) is 0.840. The first-order chi connectivity index (χ1) is 6.76. The number of nitrogens with zero attached hydrogens (tertiary/aromatic N) is 1. The summed E-state index contributed by atoms with van der Waals surface area (Å²) in [6.45, 7) is 2.16. The van der Waals surface area contributed by atoms with E-state index in [2.05, 4.69) is 4.98 Å². The molecule has 1 N–H and O–H groups in total. The molecule has 0 unspecified atom stereocenters. The number of aliphatic hydroxyl groups excluding tert-OH is 1. The maximum atomic E-state index is 11.0. The van der Waals surface area contributed by atoms with Crippen LogP contribution >= 0.6 is 11.3 Å². The SMILES string of the molecule is CCOC(=O)CCc1csc(CO)n1. The summed E-state index contributed by atoms with van der Waals surface area (Å²) in [4.78, 5) is 15.1. The van der Waals surface area contributed by atoms with E-state index in [0.717, 1.165) is 5.69 Å². The largest absolute Gasteiger partial charge is 0.466 e. The molecule has 0 aliphatic rings. The fourth-order valence-corrected chi connectivity index (χ4v) is 1.69. The molecule has 0 fully saturated rings. The minimum Gasteiger partial charge on any atom is -0.466 e. The first-order valence-corrected chi connectivity index (χ1v) is 5.34. The molecule has 1 aromatic rings. The van der Waals surface area contributed by atoms with Crippen LogP contribution in [0.4, 0.5) is 0 Å². The third kappa shape index (κ3) is 3.43. The van der Waals surface area contributed by atoms with Crippen molar-refractivity contribution in [1.82, 2.24) is 4.98 Å². The second-order valence-corrected chi connectivity index (χ2v) is 3.64. The van der Waals surface area contributed by atoms with E-state index in [4.69, 9.17) is 9.84 Å². The number of hydrogen-bond donors (Lipinski definition) is 1. The quantitative estimate of drug-likeness (QED) is 0.748. The average molecular weight is 215 g/mol. The third-order valence-corrected chi connectivity index (χ3v) is 2.51. The summed E-state index contributed by atoms with van der Waals surface area (Å²) in [7, 11) is 0. The van der Waals surface area contributed by atoms with Gasteiger partial charge in [0.15, 0.2) is 0 Å². The summed E-state index contributed by atoms with van der Waals surface area (Å²) in [5, 5.41) is 11.3. The Labute approximate surface area is 86.6 Å². The zero-order valence-electron chi connectivity index (χ0n) is 8.02. The number of carbonyl (C=O) groups is 1. The third-order valence-electron chi connectivity index (χ3n) is 1.63. The predicted octanol–water partition coefficient (Wildman–Crippen LogP) is 1.13. The van der Waals surface area contributed by atoms with Gasteiger partial charge in [-0.25, -0.2) is 4.98 Å². The Morgan fingerprint density at radius 2 is 2.50 bits per heavy atom. The second-order valence-electron chi connectivity index (χ2n) is 2.70. The van der Waals surface area contributed by atoms with E-state index >= 15 is 0 Å². The van der Waals surface area contributed by atoms with Crippen LogP contribution in [0.5, 0.6) is 0 Å². The molecule has 4 nitrogen and oxygen atoms in total. The zero-order valence-corrected chi connectivity index (χ0v) is 8.84. The Hall–Kier alpha value is -0.940. The van der Waals surface area contributed by atoms with Crippen molar-refractivity contribution in [2.45, 2.75) is 26.4 Å². The minimum atomic E-state index is -0.203. The van der Waals surface area contributed by atoms with Gasteiger partial charge in [-0.2, -0.15) is 0 Å². The van der Waals surface area contributed by atoms with Gasteiger partial charge in [-0.3, -0.25) is 4.79 Å². The number of aryl methyl sites for hydroxylation is 1. The van der Waals surface area contributed by atoms with Crippen molar-refractivity contribution in [2.75, 3.05) is 6.61 Å². The Morgan fingerprint density at radius 1 is 1.71 bits per heavy atom. The monoisotopic (exact) mass is 215 g/mol. The zero-order chi connectivity index (χ0) is 10.4. The highest BCUT2D eigenvalue weighted by atomic mass is 32.1. The molecule has 0 saturated carbocycles. The number of esters is 1. The van der Waals surface area contributed by atoms with Crippen LogP contribution in [0, 0.1) is 0 Å². The summed E-state index contributed by atoms with van der Waals surface area (Å²) in [6.07, 6.45) is 0.928. The molecule has 0 spiro atoms. The molecule has 0 saturated heterocycles. The molecule has 0 amide bonds. The van der Waals surface area contributed by atoms with Gasteiger partial charge in [-0.1, -0.05) is 0 Å². The summed E-state index contributed by atoms with van der Waals surface area (Å²) in [6, 6.07) is 0. The van der Waals surface area contributed by atoms with Crippen LogP contribution in [0.3, 0.4) is 0 Å². The Balaban J connectivity index is 2.34. The van der Waals surface area contributed by atoms with Gasteiger partial charge in [0, 0.05) is 11.8 Å². The standard InChI is InChI=1S/C9H13NO3S/c1-2-13-9(12)4-3-7-6-14-8(5-11)10-7/h6,11H,2-5H2,1H3. The topological polar surface area (TPSA) is 59.4 Å². The average Bonchev–Trinajstić information content (AvgIpc) is 2.63. The van der Waals surface area contributed by atoms with Gasteiger partial charge in [0.05, 0.1) is 25.3 Å². The van der Waals surface area contributed by atoms with Crippen LogP contribution in [0.1, 0.15) is 24.0 Å². The lowest BCUT2D eigenvalue weighted by Gasteiger charge is -1.98. The van der Waals surface area contributed by atoms with Gasteiger partial charge in [0.25, 0.3) is 0 Å². The minimum absolute atomic E-state index is 0.0376. The molecule has 0 aliphatic heterocycles. The molecule has 0 atom stereocenters. The molecular formula is C9H13NO3S. The molecule has 1 aromatic heterocycles. The molecule has 1 heterocycles. The number of rotatable bonds is 5. The smallest absolute Gasteiger partial charge is 0.306 e. The van der Waals surface area contributed by atoms with Gasteiger partial charge in [-0.15, -0.1) is 11.3 Å². The molecule has 0 bridgehead atoms. The number of aromatic nitrogens is 1. The van der Waals surface area contributed by atoms with Crippen molar-refractivity contribution in [2.24, 2.45) is 0 Å². The van der Waals surface area contributed by atoms with Crippen LogP contribution in [-0.2, 0) is 22.6 Å². The van der Waals surface area contributed by atoms with E-state index in [1.165, 1.54) is 11.3 Å². The Morgan fingerprint density at radius 3 is 3.07 bits per heavy atom. The highest BCUT2D eigenvalue weighted by Crippen LogP contribution is 2.11. The fourth-order valence-electron chi connectivity index (χ4n) is 1.000. The Kier molecular flexibility index (Phi) is 4.55. The highest BCUT2D eigenvalue weighted by molar-refractivity contribution is 7.09. The van der Waals surface area contributed by atoms with E-state index in [-0.39, 0.29) is 12.6 Å². The van der Waals surface area contributed by atoms with Crippen LogP contribution in [-0.4, -0.2) is 22.7 Å². The summed E-state index contributed by atoms with van der Waals surface area (Å²) < 4.78 is 4.78. The van der Waals surface area contributed by atoms with E-state index in [0.29, 0.717) is 24.5 Å². The first kappa shape index (κ1) is 11.1. The lowest BCUT2D eigenvalue weighted by molar-refractivity contribution is -0.143. The molecule has 5 heteroatoms. The molecule has 0 radical (unpaired) electrons. The van der Waals surface area contributed by atoms with E-state index in [1.807, 2.05) is 5.38 Å². The van der Waals surface area contributed by atoms with Crippen molar-refractivity contribution < 1.29 is 14.6 Å². The molecule has 78 valence electrons. The highest BCUT2D eigenvalue weighted by Gasteiger charge is 2.05. The van der Waals surface area contributed by atoms with E-state index in [1.54, 1.807) is 6.92 Å². The van der Waals surface area contributed by atoms with Crippen molar-refractivity contribution in [3.8, 4) is 0 Å². The van der Waals surface area contributed by atoms with Crippen LogP contribution < -0.4 is 0 Å². The normalized spacial score (nSPS) is 10.1. The molecule has 1 rings (SSSR count). The molecule has 0 aromatic carbocycles. The van der Waals surface area contributed by atoms with Crippen molar-refractivity contribution in [3.05, 3.63) is 16.1 Å². The summed E-state index contributed by atoms with van der Waals surface area (Å²) in [5.74, 6) is -0.203. The van der Waals surface area contributed by atoms with Gasteiger partial charge in [0.2, 0.25) is 0 Å². The van der Waals surface area contributed by atoms with Crippen LogP contribution in [0.15, 0.2) is 5.38 Å². The van der Waals surface area contributed by atoms with Crippen LogP contribution in [0.2, 0.25) is 0 Å². The number of carbonyl (C=O) groups excluding carboxylic acids is 1. The first-order valence-electron chi connectivity index (χ1n) is 4.46. The van der Waals surface area contributed by atoms with Gasteiger partial charge in [0.1, 0.15) is 5.01 Å². The molecular weight excluding hydrogens is 202 g/mol. The number of ether oxygens (including phenoxy) is 1. The molecule has 14 heavy (non-hydrogen) atoms. The van der Waals surface area contributed by atoms with Gasteiger partial charge in [-0.05, 0) is 6.92 Å². The number of hydrogen-bond acceptors (Lipinski definition) is 5. The van der Waals surface area contributed by atoms with Crippen molar-refractivity contribution in [1.29, 1.82) is 0 Å². The summed E-state index contributed by atoms with van der Waals surface area (Å²) >= 11 is 1.40. The van der Waals surface area contributed by atoms with Gasteiger partial charge >= 0.3 is 5.97 Å². The predicted molar refractivity (Wildman–Crippen MR) is 53.0 cm³/mol. The Bertz CT molecular complexity index is 298. The van der Waals surface area contributed by atoms with Gasteiger partial charge < -0.3 is 9.84 Å². The number of aliphatic hydroxyl groups is 1. The van der Waals surface area contributed by atoms with Crippen molar-refractivity contribution >= 4 is 17.3 Å². The number of thiazole rings is 1. The maximum absolute atomic E-state index is 11.0. The lowest BCUT2D eigenvalue weighted by Crippen LogP contribution is -2.05. The maximum Gasteiger partial charge on any atom is 0.306 e. The van der Waals surface area contributed by atoms with Crippen molar-refractivity contribution in [3.63, 3.8) is 0 Å². The lowest BCUT2D eigenvalue weighted by atomic mass is 10.2.